The van der Waals surface area contributed by atoms with Gasteiger partial charge in [-0.1, -0.05) is 18.2 Å². The summed E-state index contributed by atoms with van der Waals surface area (Å²) in [6, 6.07) is 11.2. The Hall–Kier alpha value is -2.57. The number of para-hydroxylation sites is 1. The molecule has 0 radical (unpaired) electrons. The van der Waals surface area contributed by atoms with Gasteiger partial charge in [-0.15, -0.1) is 0 Å². The lowest BCUT2D eigenvalue weighted by Gasteiger charge is -2.36. The van der Waals surface area contributed by atoms with Crippen molar-refractivity contribution in [2.75, 3.05) is 31.1 Å². The number of anilines is 1. The van der Waals surface area contributed by atoms with Crippen LogP contribution >= 0.6 is 0 Å². The largest absolute Gasteiger partial charge is 0.368 e. The van der Waals surface area contributed by atoms with E-state index < -0.39 is 6.43 Å². The molecule has 2 fully saturated rings. The molecule has 1 amide bonds. The second-order valence-electron chi connectivity index (χ2n) is 6.73. The van der Waals surface area contributed by atoms with Crippen LogP contribution in [-0.2, 0) is 0 Å². The van der Waals surface area contributed by atoms with Crippen LogP contribution < -0.4 is 4.90 Å². The summed E-state index contributed by atoms with van der Waals surface area (Å²) < 4.78 is 26.3. The van der Waals surface area contributed by atoms with Gasteiger partial charge >= 0.3 is 0 Å². The van der Waals surface area contributed by atoms with Crippen LogP contribution in [-0.4, -0.2) is 47.0 Å². The molecule has 4 rings (SSSR count). The summed E-state index contributed by atoms with van der Waals surface area (Å²) in [5, 5.41) is 0. The molecule has 26 heavy (non-hydrogen) atoms. The Morgan fingerprint density at radius 2 is 1.73 bits per heavy atom. The standard InChI is InChI=1S/C19H20F2N4O/c20-17(21)15-12-16(23-18(22-15)13-6-7-13)19(26)25-10-8-24(9-11-25)14-4-2-1-3-5-14/h1-5,12-13,17H,6-11H2. The molecule has 0 spiro atoms. The molecular weight excluding hydrogens is 338 g/mol. The third-order valence-corrected chi connectivity index (χ3v) is 4.84. The van der Waals surface area contributed by atoms with Gasteiger partial charge < -0.3 is 9.80 Å². The van der Waals surface area contributed by atoms with Gasteiger partial charge in [-0.05, 0) is 31.0 Å². The lowest BCUT2D eigenvalue weighted by atomic mass is 10.2. The van der Waals surface area contributed by atoms with Crippen LogP contribution in [0.5, 0.6) is 0 Å². The molecule has 0 N–H and O–H groups in total. The zero-order chi connectivity index (χ0) is 18.1. The molecule has 7 heteroatoms. The molecule has 0 bridgehead atoms. The summed E-state index contributed by atoms with van der Waals surface area (Å²) in [6.45, 7) is 2.50. The first-order chi connectivity index (χ1) is 12.6. The summed E-state index contributed by atoms with van der Waals surface area (Å²) in [5.41, 5.74) is 0.858. The van der Waals surface area contributed by atoms with E-state index in [-0.39, 0.29) is 23.2 Å². The minimum Gasteiger partial charge on any atom is -0.368 e. The van der Waals surface area contributed by atoms with Crippen LogP contribution in [0.1, 0.15) is 47.2 Å². The third kappa shape index (κ3) is 3.52. The Kier molecular flexibility index (Phi) is 4.53. The predicted molar refractivity (Wildman–Crippen MR) is 93.5 cm³/mol. The molecule has 1 aromatic heterocycles. The van der Waals surface area contributed by atoms with E-state index >= 15 is 0 Å². The molecule has 5 nitrogen and oxygen atoms in total. The van der Waals surface area contributed by atoms with Crippen molar-refractivity contribution < 1.29 is 13.6 Å². The third-order valence-electron chi connectivity index (χ3n) is 4.84. The number of halogens is 2. The summed E-state index contributed by atoms with van der Waals surface area (Å²) in [6.07, 6.45) is -0.899. The van der Waals surface area contributed by atoms with E-state index in [4.69, 9.17) is 0 Å². The van der Waals surface area contributed by atoms with Gasteiger partial charge in [-0.2, -0.15) is 0 Å². The first-order valence-electron chi connectivity index (χ1n) is 8.88. The van der Waals surface area contributed by atoms with Crippen molar-refractivity contribution in [3.63, 3.8) is 0 Å². The second kappa shape index (κ2) is 6.97. The van der Waals surface area contributed by atoms with E-state index in [1.807, 2.05) is 30.3 Å². The van der Waals surface area contributed by atoms with Crippen molar-refractivity contribution in [1.29, 1.82) is 0 Å². The molecule has 1 aromatic carbocycles. The van der Waals surface area contributed by atoms with Crippen molar-refractivity contribution in [3.8, 4) is 0 Å². The Bertz CT molecular complexity index is 767. The molecular formula is C19H20F2N4O. The molecule has 136 valence electrons. The van der Waals surface area contributed by atoms with Gasteiger partial charge in [-0.25, -0.2) is 18.7 Å². The number of benzene rings is 1. The van der Waals surface area contributed by atoms with Crippen LogP contribution in [0.2, 0.25) is 0 Å². The van der Waals surface area contributed by atoms with Gasteiger partial charge in [0.25, 0.3) is 12.3 Å². The maximum atomic E-state index is 13.1. The van der Waals surface area contributed by atoms with Crippen molar-refractivity contribution in [1.82, 2.24) is 14.9 Å². The number of hydrogen-bond donors (Lipinski definition) is 0. The highest BCUT2D eigenvalue weighted by molar-refractivity contribution is 5.92. The number of carbonyl (C=O) groups excluding carboxylic acids is 1. The second-order valence-corrected chi connectivity index (χ2v) is 6.73. The van der Waals surface area contributed by atoms with Gasteiger partial charge in [0, 0.05) is 37.8 Å². The van der Waals surface area contributed by atoms with Crippen molar-refractivity contribution in [3.05, 3.63) is 53.6 Å². The summed E-state index contributed by atoms with van der Waals surface area (Å²) in [5.74, 6) is 0.216. The average Bonchev–Trinajstić information content (AvgIpc) is 3.53. The lowest BCUT2D eigenvalue weighted by molar-refractivity contribution is 0.0739. The Balaban J connectivity index is 1.48. The van der Waals surface area contributed by atoms with E-state index in [1.54, 1.807) is 4.90 Å². The molecule has 2 heterocycles. The maximum Gasteiger partial charge on any atom is 0.280 e. The van der Waals surface area contributed by atoms with Crippen LogP contribution in [0.4, 0.5) is 14.5 Å². The number of piperazine rings is 1. The van der Waals surface area contributed by atoms with Gasteiger partial charge in [-0.3, -0.25) is 4.79 Å². The van der Waals surface area contributed by atoms with Gasteiger partial charge in [0.2, 0.25) is 0 Å². The first kappa shape index (κ1) is 16.9. The Labute approximate surface area is 150 Å². The molecule has 2 aromatic rings. The van der Waals surface area contributed by atoms with Gasteiger partial charge in [0.15, 0.2) is 0 Å². The Morgan fingerprint density at radius 3 is 2.35 bits per heavy atom. The number of amides is 1. The molecule has 1 saturated heterocycles. The van der Waals surface area contributed by atoms with E-state index in [0.29, 0.717) is 32.0 Å². The molecule has 1 aliphatic heterocycles. The van der Waals surface area contributed by atoms with Crippen molar-refractivity contribution in [2.45, 2.75) is 25.2 Å². The van der Waals surface area contributed by atoms with Crippen LogP contribution in [0, 0.1) is 0 Å². The molecule has 2 aliphatic rings. The normalized spacial score (nSPS) is 17.7. The zero-order valence-corrected chi connectivity index (χ0v) is 14.3. The fourth-order valence-electron chi connectivity index (χ4n) is 3.20. The molecule has 0 atom stereocenters. The van der Waals surface area contributed by atoms with Crippen LogP contribution in [0.25, 0.3) is 0 Å². The quantitative estimate of drug-likeness (QED) is 0.842. The van der Waals surface area contributed by atoms with Gasteiger partial charge in [0.05, 0.1) is 0 Å². The molecule has 1 saturated carbocycles. The highest BCUT2D eigenvalue weighted by Gasteiger charge is 2.30. The number of hydrogen-bond acceptors (Lipinski definition) is 4. The number of rotatable bonds is 4. The highest BCUT2D eigenvalue weighted by atomic mass is 19.3. The SMILES string of the molecule is O=C(c1cc(C(F)F)nc(C2CC2)n1)N1CCN(c2ccccc2)CC1. The molecule has 1 aliphatic carbocycles. The fraction of sp³-hybridized carbons (Fsp3) is 0.421. The summed E-state index contributed by atoms with van der Waals surface area (Å²) >= 11 is 0. The van der Waals surface area contributed by atoms with Crippen molar-refractivity contribution >= 4 is 11.6 Å². The first-order valence-corrected chi connectivity index (χ1v) is 8.88. The summed E-state index contributed by atoms with van der Waals surface area (Å²) in [4.78, 5) is 24.9. The minimum atomic E-state index is -2.70. The monoisotopic (exact) mass is 358 g/mol. The predicted octanol–water partition coefficient (Wildman–Crippen LogP) is 3.25. The number of aromatic nitrogens is 2. The van der Waals surface area contributed by atoms with E-state index in [9.17, 15) is 13.6 Å². The minimum absolute atomic E-state index is 0.0883. The Morgan fingerprint density at radius 1 is 1.04 bits per heavy atom. The molecule has 0 unspecified atom stereocenters. The highest BCUT2D eigenvalue weighted by Crippen LogP contribution is 2.38. The number of alkyl halides is 2. The maximum absolute atomic E-state index is 13.1. The number of nitrogens with zero attached hydrogens (tertiary/aromatic N) is 4. The smallest absolute Gasteiger partial charge is 0.280 e. The number of carbonyl (C=O) groups is 1. The van der Waals surface area contributed by atoms with Crippen molar-refractivity contribution in [2.24, 2.45) is 0 Å². The van der Waals surface area contributed by atoms with E-state index in [0.717, 1.165) is 24.6 Å². The fourth-order valence-corrected chi connectivity index (χ4v) is 3.20. The van der Waals surface area contributed by atoms with Gasteiger partial charge in [0.1, 0.15) is 17.2 Å². The lowest BCUT2D eigenvalue weighted by Crippen LogP contribution is -2.49. The zero-order valence-electron chi connectivity index (χ0n) is 14.3. The summed E-state index contributed by atoms with van der Waals surface area (Å²) in [7, 11) is 0. The average molecular weight is 358 g/mol. The van der Waals surface area contributed by atoms with Crippen LogP contribution in [0.3, 0.4) is 0 Å². The van der Waals surface area contributed by atoms with E-state index in [2.05, 4.69) is 14.9 Å². The topological polar surface area (TPSA) is 49.3 Å². The van der Waals surface area contributed by atoms with Crippen LogP contribution in [0.15, 0.2) is 36.4 Å². The van der Waals surface area contributed by atoms with E-state index in [1.165, 1.54) is 0 Å².